The van der Waals surface area contributed by atoms with Crippen molar-refractivity contribution >= 4 is 17.6 Å². The van der Waals surface area contributed by atoms with Gasteiger partial charge in [-0.05, 0) is 57.2 Å². The van der Waals surface area contributed by atoms with Gasteiger partial charge in [0.1, 0.15) is 11.9 Å². The van der Waals surface area contributed by atoms with Crippen LogP contribution in [0.4, 0.5) is 18.9 Å². The number of para-hydroxylation sites is 2. The molecule has 1 aliphatic heterocycles. The van der Waals surface area contributed by atoms with Crippen molar-refractivity contribution in [2.45, 2.75) is 38.6 Å². The summed E-state index contributed by atoms with van der Waals surface area (Å²) in [6.45, 7) is 6.31. The van der Waals surface area contributed by atoms with Gasteiger partial charge in [-0.15, -0.1) is 0 Å². The van der Waals surface area contributed by atoms with Gasteiger partial charge in [0.05, 0.1) is 23.3 Å². The van der Waals surface area contributed by atoms with Crippen LogP contribution in [-0.4, -0.2) is 48.3 Å². The topological polar surface area (TPSA) is 71.4 Å². The lowest BCUT2D eigenvalue weighted by atomic mass is 9.98. The summed E-state index contributed by atoms with van der Waals surface area (Å²) in [5.41, 5.74) is -0.159. The van der Waals surface area contributed by atoms with Gasteiger partial charge in [-0.25, -0.2) is 9.79 Å². The predicted molar refractivity (Wildman–Crippen MR) is 114 cm³/mol. The van der Waals surface area contributed by atoms with E-state index in [0.29, 0.717) is 30.3 Å². The van der Waals surface area contributed by atoms with Crippen molar-refractivity contribution in [3.8, 4) is 5.75 Å². The molecule has 0 fully saturated rings. The summed E-state index contributed by atoms with van der Waals surface area (Å²) in [4.78, 5) is 17.5. The fourth-order valence-corrected chi connectivity index (χ4v) is 3.41. The van der Waals surface area contributed by atoms with E-state index in [1.807, 2.05) is 37.8 Å². The number of nitrogens with zero attached hydrogens (tertiary/aromatic N) is 2. The number of rotatable bonds is 8. The van der Waals surface area contributed by atoms with Crippen LogP contribution in [-0.2, 0) is 15.7 Å². The highest BCUT2D eigenvalue weighted by molar-refractivity contribution is 5.95. The normalized spacial score (nSPS) is 17.4. The second kappa shape index (κ2) is 9.10. The van der Waals surface area contributed by atoms with Crippen LogP contribution in [0.3, 0.4) is 0 Å². The molecule has 0 aromatic heterocycles. The molecule has 1 aliphatic rings. The molecule has 0 saturated heterocycles. The quantitative estimate of drug-likeness (QED) is 0.636. The lowest BCUT2D eigenvalue weighted by molar-refractivity contribution is -0.139. The number of carboxylic acid groups (broad SMARTS) is 1. The molecule has 0 saturated carbocycles. The lowest BCUT2D eigenvalue weighted by Gasteiger charge is -2.32. The van der Waals surface area contributed by atoms with Crippen molar-refractivity contribution in [3.05, 3.63) is 59.7 Å². The Morgan fingerprint density at radius 1 is 1.19 bits per heavy atom. The van der Waals surface area contributed by atoms with E-state index in [9.17, 15) is 18.0 Å². The van der Waals surface area contributed by atoms with E-state index >= 15 is 0 Å². The number of aliphatic imine (C=N–C) groups is 1. The minimum Gasteiger partial charge on any atom is -0.480 e. The molecule has 1 atom stereocenters. The van der Waals surface area contributed by atoms with Crippen LogP contribution in [0.25, 0.3) is 0 Å². The second-order valence-electron chi connectivity index (χ2n) is 7.94. The summed E-state index contributed by atoms with van der Waals surface area (Å²) in [5.74, 6) is -0.339. The van der Waals surface area contributed by atoms with E-state index in [2.05, 4.69) is 4.99 Å². The fraction of sp³-hybridized carbons (Fsp3) is 0.391. The fourth-order valence-electron chi connectivity index (χ4n) is 3.41. The lowest BCUT2D eigenvalue weighted by Crippen LogP contribution is -2.43. The van der Waals surface area contributed by atoms with Gasteiger partial charge in [-0.3, -0.25) is 0 Å². The molecule has 1 heterocycles. The second-order valence-corrected chi connectivity index (χ2v) is 7.94. The Bertz CT molecular complexity index is 987. The molecule has 6 nitrogen and oxygen atoms in total. The average Bonchev–Trinajstić information content (AvgIpc) is 3.04. The van der Waals surface area contributed by atoms with Gasteiger partial charge in [0, 0.05) is 12.1 Å². The highest BCUT2D eigenvalue weighted by atomic mass is 19.4. The number of ether oxygens (including phenoxy) is 2. The number of aliphatic carboxylic acids is 1. The number of hydrogen-bond acceptors (Lipinski definition) is 5. The monoisotopic (exact) mass is 450 g/mol. The van der Waals surface area contributed by atoms with E-state index in [4.69, 9.17) is 14.6 Å². The zero-order valence-corrected chi connectivity index (χ0v) is 18.0. The Kier molecular flexibility index (Phi) is 6.66. The first-order chi connectivity index (χ1) is 15.0. The Morgan fingerprint density at radius 3 is 2.44 bits per heavy atom. The van der Waals surface area contributed by atoms with Crippen molar-refractivity contribution in [2.75, 3.05) is 24.6 Å². The zero-order valence-electron chi connectivity index (χ0n) is 18.0. The number of likely N-dealkylation sites (N-methyl/N-ethyl adjacent to an activating group) is 1. The van der Waals surface area contributed by atoms with Gasteiger partial charge in [-0.1, -0.05) is 12.1 Å². The van der Waals surface area contributed by atoms with E-state index < -0.39 is 29.9 Å². The van der Waals surface area contributed by atoms with Gasteiger partial charge < -0.3 is 19.5 Å². The summed E-state index contributed by atoms with van der Waals surface area (Å²) in [6.07, 6.45) is -4.79. The molecule has 0 spiro atoms. The molecule has 2 aromatic carbocycles. The SMILES string of the molecule is CCN(CC1OC(c2ccc(C(F)(F)F)cc2)=NC1(C)C)c1ccccc1OCC(=O)O. The van der Waals surface area contributed by atoms with Gasteiger partial charge in [0.15, 0.2) is 6.61 Å². The van der Waals surface area contributed by atoms with Crippen molar-refractivity contribution in [1.82, 2.24) is 0 Å². The highest BCUT2D eigenvalue weighted by Gasteiger charge is 2.40. The first kappa shape index (κ1) is 23.4. The molecule has 0 amide bonds. The van der Waals surface area contributed by atoms with Crippen LogP contribution in [0.5, 0.6) is 5.75 Å². The van der Waals surface area contributed by atoms with E-state index in [1.54, 1.807) is 12.1 Å². The van der Waals surface area contributed by atoms with Crippen molar-refractivity contribution in [1.29, 1.82) is 0 Å². The Labute approximate surface area is 184 Å². The third kappa shape index (κ3) is 5.33. The number of anilines is 1. The molecule has 0 bridgehead atoms. The van der Waals surface area contributed by atoms with Crippen molar-refractivity contribution in [2.24, 2.45) is 4.99 Å². The van der Waals surface area contributed by atoms with Crippen LogP contribution in [0.2, 0.25) is 0 Å². The molecule has 3 rings (SSSR count). The van der Waals surface area contributed by atoms with Crippen molar-refractivity contribution < 1.29 is 32.5 Å². The summed E-state index contributed by atoms with van der Waals surface area (Å²) < 4.78 is 50.0. The summed E-state index contributed by atoms with van der Waals surface area (Å²) in [5, 5.41) is 8.92. The third-order valence-corrected chi connectivity index (χ3v) is 5.22. The summed E-state index contributed by atoms with van der Waals surface area (Å²) >= 11 is 0. The smallest absolute Gasteiger partial charge is 0.416 e. The zero-order chi connectivity index (χ0) is 23.5. The average molecular weight is 450 g/mol. The molecule has 9 heteroatoms. The minimum absolute atomic E-state index is 0.292. The Morgan fingerprint density at radius 2 is 1.84 bits per heavy atom. The standard InChI is InChI=1S/C23H25F3N2O4/c1-4-28(17-7-5-6-8-18(17)31-14-20(29)30)13-19-22(2,3)27-21(32-19)15-9-11-16(12-10-15)23(24,25)26/h5-12,19H,4,13-14H2,1-3H3,(H,29,30). The number of benzene rings is 2. The summed E-state index contributed by atoms with van der Waals surface area (Å²) in [7, 11) is 0. The molecule has 0 aliphatic carbocycles. The highest BCUT2D eigenvalue weighted by Crippen LogP contribution is 2.34. The van der Waals surface area contributed by atoms with Gasteiger partial charge in [-0.2, -0.15) is 13.2 Å². The van der Waals surface area contributed by atoms with Crippen LogP contribution in [0, 0.1) is 0 Å². The van der Waals surface area contributed by atoms with E-state index in [1.165, 1.54) is 12.1 Å². The van der Waals surface area contributed by atoms with Crippen LogP contribution < -0.4 is 9.64 Å². The largest absolute Gasteiger partial charge is 0.480 e. The molecule has 1 N–H and O–H groups in total. The van der Waals surface area contributed by atoms with Gasteiger partial charge in [0.25, 0.3) is 0 Å². The molecule has 172 valence electrons. The molecule has 1 unspecified atom stereocenters. The Balaban J connectivity index is 1.77. The maximum Gasteiger partial charge on any atom is 0.416 e. The molecular weight excluding hydrogens is 425 g/mol. The van der Waals surface area contributed by atoms with E-state index in [-0.39, 0.29) is 6.10 Å². The Hall–Kier alpha value is -3.23. The maximum absolute atomic E-state index is 12.8. The predicted octanol–water partition coefficient (Wildman–Crippen LogP) is 4.62. The first-order valence-electron chi connectivity index (χ1n) is 10.1. The van der Waals surface area contributed by atoms with Crippen LogP contribution in [0.15, 0.2) is 53.5 Å². The minimum atomic E-state index is -4.41. The first-order valence-corrected chi connectivity index (χ1v) is 10.1. The molecule has 0 radical (unpaired) electrons. The maximum atomic E-state index is 12.8. The number of alkyl halides is 3. The molecular formula is C23H25F3N2O4. The van der Waals surface area contributed by atoms with Crippen LogP contribution >= 0.6 is 0 Å². The summed E-state index contributed by atoms with van der Waals surface area (Å²) in [6, 6.07) is 11.9. The van der Waals surface area contributed by atoms with E-state index in [0.717, 1.165) is 17.8 Å². The molecule has 2 aromatic rings. The van der Waals surface area contributed by atoms with Gasteiger partial charge >= 0.3 is 12.1 Å². The van der Waals surface area contributed by atoms with Crippen molar-refractivity contribution in [3.63, 3.8) is 0 Å². The van der Waals surface area contributed by atoms with Gasteiger partial charge in [0.2, 0.25) is 5.90 Å². The van der Waals surface area contributed by atoms with Crippen LogP contribution in [0.1, 0.15) is 31.9 Å². The number of halogens is 3. The number of carbonyl (C=O) groups is 1. The number of carboxylic acids is 1. The third-order valence-electron chi connectivity index (χ3n) is 5.22. The number of hydrogen-bond donors (Lipinski definition) is 1. The molecule has 32 heavy (non-hydrogen) atoms.